The van der Waals surface area contributed by atoms with Crippen LogP contribution in [-0.2, 0) is 24.3 Å². The highest BCUT2D eigenvalue weighted by atomic mass is 35.5. The largest absolute Gasteiger partial charge is 0.349 e. The van der Waals surface area contributed by atoms with E-state index in [4.69, 9.17) is 23.2 Å². The topological polar surface area (TPSA) is 67.2 Å². The maximum atomic E-state index is 12.9. The van der Waals surface area contributed by atoms with Crippen molar-refractivity contribution in [3.05, 3.63) is 51.5 Å². The molecular weight excluding hydrogens is 399 g/mol. The summed E-state index contributed by atoms with van der Waals surface area (Å²) in [5.41, 5.74) is 1.42. The van der Waals surface area contributed by atoms with Gasteiger partial charge >= 0.3 is 0 Å². The van der Waals surface area contributed by atoms with Crippen LogP contribution in [0.2, 0.25) is 10.0 Å². The highest BCUT2D eigenvalue weighted by Gasteiger charge is 2.34. The second-order valence-corrected chi connectivity index (χ2v) is 8.18. The molecule has 8 heteroatoms. The monoisotopic (exact) mass is 420 g/mol. The van der Waals surface area contributed by atoms with Gasteiger partial charge in [-0.1, -0.05) is 23.2 Å². The van der Waals surface area contributed by atoms with Gasteiger partial charge in [0.1, 0.15) is 11.9 Å². The molecule has 1 aromatic carbocycles. The zero-order valence-corrected chi connectivity index (χ0v) is 17.0. The first-order valence-corrected chi connectivity index (χ1v) is 10.4. The van der Waals surface area contributed by atoms with Gasteiger partial charge in [0, 0.05) is 35.1 Å². The van der Waals surface area contributed by atoms with Gasteiger partial charge in [-0.05, 0) is 43.9 Å². The van der Waals surface area contributed by atoms with Crippen LogP contribution in [0.1, 0.15) is 47.6 Å². The molecule has 3 heterocycles. The number of aromatic nitrogens is 2. The van der Waals surface area contributed by atoms with E-state index in [0.717, 1.165) is 43.7 Å². The van der Waals surface area contributed by atoms with Crippen molar-refractivity contribution in [3.8, 4) is 0 Å². The third-order valence-corrected chi connectivity index (χ3v) is 5.86. The van der Waals surface area contributed by atoms with Crippen LogP contribution in [0.5, 0.6) is 0 Å². The molecule has 6 nitrogen and oxygen atoms in total. The Morgan fingerprint density at radius 3 is 2.68 bits per heavy atom. The highest BCUT2D eigenvalue weighted by molar-refractivity contribution is 6.35. The maximum absolute atomic E-state index is 12.9. The van der Waals surface area contributed by atoms with Crippen molar-refractivity contribution in [3.63, 3.8) is 0 Å². The van der Waals surface area contributed by atoms with E-state index in [1.165, 1.54) is 0 Å². The van der Waals surface area contributed by atoms with Crippen LogP contribution < -0.4 is 5.32 Å². The van der Waals surface area contributed by atoms with E-state index in [1.54, 1.807) is 23.1 Å². The molecule has 0 radical (unpaired) electrons. The molecule has 148 valence electrons. The lowest BCUT2D eigenvalue weighted by molar-refractivity contribution is -0.125. The van der Waals surface area contributed by atoms with Gasteiger partial charge in [-0.3, -0.25) is 9.59 Å². The van der Waals surface area contributed by atoms with Gasteiger partial charge in [-0.15, -0.1) is 0 Å². The second kappa shape index (κ2) is 8.13. The number of likely N-dealkylation sites (tertiary alicyclic amines) is 1. The van der Waals surface area contributed by atoms with Crippen molar-refractivity contribution in [2.75, 3.05) is 6.54 Å². The molecule has 1 atom stereocenters. The molecule has 0 spiro atoms. The molecule has 28 heavy (non-hydrogen) atoms. The molecule has 0 saturated carbocycles. The summed E-state index contributed by atoms with van der Waals surface area (Å²) in [5.74, 6) is 0.736. The van der Waals surface area contributed by atoms with Gasteiger partial charge in [0.15, 0.2) is 0 Å². The van der Waals surface area contributed by atoms with E-state index in [9.17, 15) is 9.59 Å². The predicted molar refractivity (Wildman–Crippen MR) is 108 cm³/mol. The summed E-state index contributed by atoms with van der Waals surface area (Å²) < 4.78 is 2.19. The SMILES string of the molecule is O=C(NCc1cnc2n1CCCC2)C1CCCN1C(=O)c1cc(Cl)cc(Cl)c1. The van der Waals surface area contributed by atoms with Crippen molar-refractivity contribution in [2.24, 2.45) is 0 Å². The zero-order chi connectivity index (χ0) is 19.7. The molecular formula is C20H22Cl2N4O2. The fourth-order valence-corrected chi connectivity index (χ4v) is 4.57. The second-order valence-electron chi connectivity index (χ2n) is 7.31. The Kier molecular flexibility index (Phi) is 5.60. The Balaban J connectivity index is 1.43. The van der Waals surface area contributed by atoms with Gasteiger partial charge < -0.3 is 14.8 Å². The summed E-state index contributed by atoms with van der Waals surface area (Å²) in [5, 5.41) is 3.80. The van der Waals surface area contributed by atoms with Crippen molar-refractivity contribution in [1.29, 1.82) is 0 Å². The van der Waals surface area contributed by atoms with E-state index >= 15 is 0 Å². The number of nitrogens with one attached hydrogen (secondary N) is 1. The van der Waals surface area contributed by atoms with E-state index in [2.05, 4.69) is 14.9 Å². The number of carbonyl (C=O) groups excluding carboxylic acids is 2. The number of rotatable bonds is 4. The lowest BCUT2D eigenvalue weighted by atomic mass is 10.1. The molecule has 1 fully saturated rings. The van der Waals surface area contributed by atoms with Gasteiger partial charge in [0.05, 0.1) is 18.4 Å². The number of amides is 2. The molecule has 0 aliphatic carbocycles. The van der Waals surface area contributed by atoms with Crippen LogP contribution in [0.4, 0.5) is 0 Å². The van der Waals surface area contributed by atoms with Crippen LogP contribution in [0.25, 0.3) is 0 Å². The Bertz CT molecular complexity index is 891. The number of imidazole rings is 1. The Hall–Kier alpha value is -2.05. The van der Waals surface area contributed by atoms with Gasteiger partial charge in [0.25, 0.3) is 5.91 Å². The van der Waals surface area contributed by atoms with Crippen molar-refractivity contribution in [2.45, 2.75) is 51.2 Å². The summed E-state index contributed by atoms with van der Waals surface area (Å²) in [6.45, 7) is 1.92. The van der Waals surface area contributed by atoms with Crippen LogP contribution in [0.3, 0.4) is 0 Å². The molecule has 1 aromatic heterocycles. The first-order chi connectivity index (χ1) is 13.5. The number of nitrogens with zero attached hydrogens (tertiary/aromatic N) is 3. The van der Waals surface area contributed by atoms with E-state index in [0.29, 0.717) is 35.1 Å². The number of hydrogen-bond acceptors (Lipinski definition) is 3. The quantitative estimate of drug-likeness (QED) is 0.823. The van der Waals surface area contributed by atoms with E-state index < -0.39 is 6.04 Å². The molecule has 2 aromatic rings. The minimum Gasteiger partial charge on any atom is -0.349 e. The van der Waals surface area contributed by atoms with E-state index in [1.807, 2.05) is 6.20 Å². The molecule has 2 aliphatic rings. The minimum atomic E-state index is -0.478. The van der Waals surface area contributed by atoms with E-state index in [-0.39, 0.29) is 11.8 Å². The molecule has 1 saturated heterocycles. The number of fused-ring (bicyclic) bond motifs is 1. The average molecular weight is 421 g/mol. The normalized spacial score (nSPS) is 18.8. The van der Waals surface area contributed by atoms with Gasteiger partial charge in [-0.25, -0.2) is 4.98 Å². The van der Waals surface area contributed by atoms with Crippen LogP contribution >= 0.6 is 23.2 Å². The summed E-state index contributed by atoms with van der Waals surface area (Å²) in [6.07, 6.45) is 6.57. The summed E-state index contributed by atoms with van der Waals surface area (Å²) >= 11 is 12.0. The highest BCUT2D eigenvalue weighted by Crippen LogP contribution is 2.25. The maximum Gasteiger partial charge on any atom is 0.254 e. The Morgan fingerprint density at radius 1 is 1.11 bits per heavy atom. The molecule has 2 aliphatic heterocycles. The summed E-state index contributed by atoms with van der Waals surface area (Å²) in [7, 11) is 0. The molecule has 1 unspecified atom stereocenters. The fraction of sp³-hybridized carbons (Fsp3) is 0.450. The molecule has 1 N–H and O–H groups in total. The average Bonchev–Trinajstić information content (AvgIpc) is 3.32. The number of benzene rings is 1. The van der Waals surface area contributed by atoms with Crippen LogP contribution in [0, 0.1) is 0 Å². The van der Waals surface area contributed by atoms with Crippen LogP contribution in [0.15, 0.2) is 24.4 Å². The van der Waals surface area contributed by atoms with Crippen molar-refractivity contribution < 1.29 is 9.59 Å². The number of halogens is 2. The first kappa shape index (κ1) is 19.3. The smallest absolute Gasteiger partial charge is 0.254 e. The van der Waals surface area contributed by atoms with Gasteiger partial charge in [-0.2, -0.15) is 0 Å². The van der Waals surface area contributed by atoms with Crippen LogP contribution in [-0.4, -0.2) is 38.9 Å². The third-order valence-electron chi connectivity index (χ3n) is 5.42. The van der Waals surface area contributed by atoms with Gasteiger partial charge in [0.2, 0.25) is 5.91 Å². The Labute approximate surface area is 173 Å². The molecule has 0 bridgehead atoms. The Morgan fingerprint density at radius 2 is 1.89 bits per heavy atom. The molecule has 4 rings (SSSR count). The number of aryl methyl sites for hydroxylation is 1. The predicted octanol–water partition coefficient (Wildman–Crippen LogP) is 3.45. The standard InChI is InChI=1S/C20H22Cl2N4O2/c21-14-8-13(9-15(22)10-14)20(28)26-7-3-4-17(26)19(27)24-12-16-11-23-18-5-1-2-6-25(16)18/h8-11,17H,1-7,12H2,(H,24,27). The number of carbonyl (C=O) groups is 2. The third kappa shape index (κ3) is 3.89. The molecule has 2 amide bonds. The lowest BCUT2D eigenvalue weighted by Crippen LogP contribution is -2.45. The minimum absolute atomic E-state index is 0.134. The summed E-state index contributed by atoms with van der Waals surface area (Å²) in [6, 6.07) is 4.28. The fourth-order valence-electron chi connectivity index (χ4n) is 4.04. The number of hydrogen-bond donors (Lipinski definition) is 1. The van der Waals surface area contributed by atoms with Crippen molar-refractivity contribution >= 4 is 35.0 Å². The summed E-state index contributed by atoms with van der Waals surface area (Å²) in [4.78, 5) is 31.8. The zero-order valence-electron chi connectivity index (χ0n) is 15.5. The lowest BCUT2D eigenvalue weighted by Gasteiger charge is -2.24. The first-order valence-electron chi connectivity index (χ1n) is 9.61. The van der Waals surface area contributed by atoms with Crippen molar-refractivity contribution in [1.82, 2.24) is 19.8 Å².